The highest BCUT2D eigenvalue weighted by atomic mass is 35.5. The maximum Gasteiger partial charge on any atom is 0.293 e. The fraction of sp³-hybridized carbons (Fsp3) is 0.148. The van der Waals surface area contributed by atoms with E-state index in [0.29, 0.717) is 15.7 Å². The van der Waals surface area contributed by atoms with Gasteiger partial charge in [0.1, 0.15) is 5.75 Å². The number of carbonyl (C=O) groups is 3. The normalized spacial score (nSPS) is 14.5. The topological polar surface area (TPSA) is 75.7 Å². The lowest BCUT2D eigenvalue weighted by atomic mass is 10.1. The molecule has 1 fully saturated rings. The minimum absolute atomic E-state index is 0.129. The van der Waals surface area contributed by atoms with Crippen LogP contribution in [0.5, 0.6) is 5.75 Å². The van der Waals surface area contributed by atoms with E-state index in [2.05, 4.69) is 5.32 Å². The third-order valence-corrected chi connectivity index (χ3v) is 6.63. The summed E-state index contributed by atoms with van der Waals surface area (Å²) in [6, 6.07) is 19.7. The molecule has 0 atom stereocenters. The van der Waals surface area contributed by atoms with Gasteiger partial charge in [0.15, 0.2) is 6.61 Å². The van der Waals surface area contributed by atoms with E-state index < -0.39 is 0 Å². The van der Waals surface area contributed by atoms with E-state index >= 15 is 0 Å². The molecule has 1 heterocycles. The summed E-state index contributed by atoms with van der Waals surface area (Å²) >= 11 is 6.81. The highest BCUT2D eigenvalue weighted by Gasteiger charge is 2.34. The van der Waals surface area contributed by atoms with E-state index in [-0.39, 0.29) is 30.2 Å². The maximum atomic E-state index is 12.7. The standard InChI is InChI=1S/C27H23ClN2O4S/c1-17-3-10-22(13-18(17)2)29-25(31)16-34-23-11-6-19(7-12-23)14-24-26(32)30(27(33)35-24)15-20-4-8-21(28)9-5-20/h3-14H,15-16H2,1-2H3,(H,29,31)/b24-14-. The Hall–Kier alpha value is -3.55. The van der Waals surface area contributed by atoms with E-state index in [1.165, 1.54) is 4.90 Å². The van der Waals surface area contributed by atoms with Gasteiger partial charge >= 0.3 is 0 Å². The predicted octanol–water partition coefficient (Wildman–Crippen LogP) is 6.21. The number of imide groups is 1. The van der Waals surface area contributed by atoms with Gasteiger partial charge in [0, 0.05) is 10.7 Å². The molecular weight excluding hydrogens is 484 g/mol. The summed E-state index contributed by atoms with van der Waals surface area (Å²) in [6.45, 7) is 4.06. The fourth-order valence-electron chi connectivity index (χ4n) is 3.39. The lowest BCUT2D eigenvalue weighted by Crippen LogP contribution is -2.27. The van der Waals surface area contributed by atoms with Gasteiger partial charge in [-0.3, -0.25) is 19.3 Å². The molecule has 4 rings (SSSR count). The van der Waals surface area contributed by atoms with E-state index in [1.54, 1.807) is 54.6 Å². The number of nitrogens with one attached hydrogen (secondary N) is 1. The quantitative estimate of drug-likeness (QED) is 0.385. The lowest BCUT2D eigenvalue weighted by molar-refractivity contribution is -0.123. The molecule has 8 heteroatoms. The van der Waals surface area contributed by atoms with Gasteiger partial charge < -0.3 is 10.1 Å². The van der Waals surface area contributed by atoms with Crippen LogP contribution < -0.4 is 10.1 Å². The Labute approximate surface area is 212 Å². The Bertz CT molecular complexity index is 1300. The molecule has 0 aliphatic carbocycles. The fourth-order valence-corrected chi connectivity index (χ4v) is 4.35. The molecule has 0 radical (unpaired) electrons. The van der Waals surface area contributed by atoms with Crippen molar-refractivity contribution in [2.24, 2.45) is 0 Å². The van der Waals surface area contributed by atoms with Crippen molar-refractivity contribution in [1.82, 2.24) is 4.90 Å². The number of halogens is 1. The Morgan fingerprint density at radius 2 is 1.71 bits per heavy atom. The number of aryl methyl sites for hydroxylation is 2. The number of nitrogens with zero attached hydrogens (tertiary/aromatic N) is 1. The van der Waals surface area contributed by atoms with Gasteiger partial charge in [0.25, 0.3) is 17.1 Å². The molecule has 3 aromatic carbocycles. The second-order valence-corrected chi connectivity index (χ2v) is 9.53. The smallest absolute Gasteiger partial charge is 0.293 e. The predicted molar refractivity (Wildman–Crippen MR) is 139 cm³/mol. The molecule has 0 bridgehead atoms. The van der Waals surface area contributed by atoms with Crippen molar-refractivity contribution in [1.29, 1.82) is 0 Å². The highest BCUT2D eigenvalue weighted by Crippen LogP contribution is 2.33. The number of anilines is 1. The summed E-state index contributed by atoms with van der Waals surface area (Å²) in [5.41, 5.74) is 4.55. The number of thioether (sulfide) groups is 1. The van der Waals surface area contributed by atoms with Gasteiger partial charge in [-0.15, -0.1) is 0 Å². The molecule has 0 saturated carbocycles. The number of amides is 3. The molecule has 0 aromatic heterocycles. The first-order valence-electron chi connectivity index (χ1n) is 10.9. The Balaban J connectivity index is 1.33. The lowest BCUT2D eigenvalue weighted by Gasteiger charge is -2.12. The van der Waals surface area contributed by atoms with Gasteiger partial charge in [-0.25, -0.2) is 0 Å². The minimum Gasteiger partial charge on any atom is -0.484 e. The monoisotopic (exact) mass is 506 g/mol. The molecule has 178 valence electrons. The third kappa shape index (κ3) is 6.32. The molecule has 0 spiro atoms. The number of benzene rings is 3. The number of ether oxygens (including phenoxy) is 1. The molecule has 1 aliphatic heterocycles. The number of hydrogen-bond acceptors (Lipinski definition) is 5. The van der Waals surface area contributed by atoms with Crippen LogP contribution in [0.15, 0.2) is 71.6 Å². The minimum atomic E-state index is -0.335. The maximum absolute atomic E-state index is 12.7. The molecule has 1 saturated heterocycles. The summed E-state index contributed by atoms with van der Waals surface area (Å²) in [6.07, 6.45) is 1.67. The van der Waals surface area contributed by atoms with Crippen LogP contribution >= 0.6 is 23.4 Å². The molecule has 0 unspecified atom stereocenters. The van der Waals surface area contributed by atoms with Crippen LogP contribution in [0, 0.1) is 13.8 Å². The summed E-state index contributed by atoms with van der Waals surface area (Å²) in [4.78, 5) is 38.9. The molecular formula is C27H23ClN2O4S. The molecule has 6 nitrogen and oxygen atoms in total. The second-order valence-electron chi connectivity index (χ2n) is 8.10. The van der Waals surface area contributed by atoms with Crippen molar-refractivity contribution in [3.05, 3.63) is 98.9 Å². The van der Waals surface area contributed by atoms with Crippen molar-refractivity contribution in [2.45, 2.75) is 20.4 Å². The Kier molecular flexibility index (Phi) is 7.58. The number of carbonyl (C=O) groups excluding carboxylic acids is 3. The van der Waals surface area contributed by atoms with Gasteiger partial charge in [0.05, 0.1) is 11.4 Å². The second kappa shape index (κ2) is 10.8. The van der Waals surface area contributed by atoms with Gasteiger partial charge in [-0.05, 0) is 90.3 Å². The highest BCUT2D eigenvalue weighted by molar-refractivity contribution is 8.18. The zero-order chi connectivity index (χ0) is 24.9. The molecule has 3 aromatic rings. The summed E-state index contributed by atoms with van der Waals surface area (Å²) in [7, 11) is 0. The molecule has 3 amide bonds. The van der Waals surface area contributed by atoms with E-state index in [4.69, 9.17) is 16.3 Å². The molecule has 35 heavy (non-hydrogen) atoms. The average Bonchev–Trinajstić information content (AvgIpc) is 3.09. The van der Waals surface area contributed by atoms with Crippen LogP contribution in [0.3, 0.4) is 0 Å². The van der Waals surface area contributed by atoms with Crippen molar-refractivity contribution in [2.75, 3.05) is 11.9 Å². The van der Waals surface area contributed by atoms with Crippen molar-refractivity contribution < 1.29 is 19.1 Å². The van der Waals surface area contributed by atoms with Crippen LogP contribution in [0.4, 0.5) is 10.5 Å². The largest absolute Gasteiger partial charge is 0.484 e. The summed E-state index contributed by atoms with van der Waals surface area (Å²) in [5, 5.41) is 3.10. The molecule has 1 N–H and O–H groups in total. The SMILES string of the molecule is Cc1ccc(NC(=O)COc2ccc(/C=C3\SC(=O)N(Cc4ccc(Cl)cc4)C3=O)cc2)cc1C. The van der Waals surface area contributed by atoms with E-state index in [1.807, 2.05) is 32.0 Å². The van der Waals surface area contributed by atoms with Gasteiger partial charge in [-0.2, -0.15) is 0 Å². The van der Waals surface area contributed by atoms with Crippen LogP contribution in [0.1, 0.15) is 22.3 Å². The van der Waals surface area contributed by atoms with Crippen molar-refractivity contribution in [3.63, 3.8) is 0 Å². The third-order valence-electron chi connectivity index (χ3n) is 5.47. The van der Waals surface area contributed by atoms with Gasteiger partial charge in [0.2, 0.25) is 0 Å². The Morgan fingerprint density at radius 3 is 2.40 bits per heavy atom. The van der Waals surface area contributed by atoms with E-state index in [0.717, 1.165) is 39.7 Å². The van der Waals surface area contributed by atoms with Crippen molar-refractivity contribution >= 4 is 52.2 Å². The first-order valence-corrected chi connectivity index (χ1v) is 12.1. The molecule has 1 aliphatic rings. The van der Waals surface area contributed by atoms with Crippen LogP contribution in [-0.2, 0) is 16.1 Å². The zero-order valence-corrected chi connectivity index (χ0v) is 20.8. The zero-order valence-electron chi connectivity index (χ0n) is 19.2. The van der Waals surface area contributed by atoms with E-state index in [9.17, 15) is 14.4 Å². The van der Waals surface area contributed by atoms with Crippen molar-refractivity contribution in [3.8, 4) is 5.75 Å². The number of hydrogen-bond donors (Lipinski definition) is 1. The first-order chi connectivity index (χ1) is 16.8. The number of rotatable bonds is 7. The van der Waals surface area contributed by atoms with Crippen LogP contribution in [0.2, 0.25) is 5.02 Å². The van der Waals surface area contributed by atoms with Crippen LogP contribution in [0.25, 0.3) is 6.08 Å². The first kappa shape index (κ1) is 24.6. The summed E-state index contributed by atoms with van der Waals surface area (Å²) < 4.78 is 5.57. The summed E-state index contributed by atoms with van der Waals surface area (Å²) in [5.74, 6) is -0.0711. The van der Waals surface area contributed by atoms with Gasteiger partial charge in [-0.1, -0.05) is 41.9 Å². The van der Waals surface area contributed by atoms with Crippen LogP contribution in [-0.4, -0.2) is 28.6 Å². The average molecular weight is 507 g/mol. The Morgan fingerprint density at radius 1 is 1.00 bits per heavy atom.